The zero-order valence-corrected chi connectivity index (χ0v) is 11.0. The van der Waals surface area contributed by atoms with E-state index in [0.29, 0.717) is 17.8 Å². The summed E-state index contributed by atoms with van der Waals surface area (Å²) in [5, 5.41) is 0. The lowest BCUT2D eigenvalue weighted by molar-refractivity contribution is 0.0663. The number of carbonyl (C=O) groups is 1. The third-order valence-corrected chi connectivity index (χ3v) is 4.26. The highest BCUT2D eigenvalue weighted by Crippen LogP contribution is 2.31. The lowest BCUT2D eigenvalue weighted by Gasteiger charge is -2.28. The Bertz CT molecular complexity index is 456. The van der Waals surface area contributed by atoms with Crippen molar-refractivity contribution in [3.05, 3.63) is 18.2 Å². The molecule has 0 spiro atoms. The maximum absolute atomic E-state index is 12.6. The van der Waals surface area contributed by atoms with E-state index < -0.39 is 0 Å². The van der Waals surface area contributed by atoms with Gasteiger partial charge < -0.3 is 14.4 Å². The zero-order chi connectivity index (χ0) is 12.7. The summed E-state index contributed by atoms with van der Waals surface area (Å²) >= 11 is 0. The van der Waals surface area contributed by atoms with Gasteiger partial charge in [-0.05, 0) is 32.9 Å². The molecule has 18 heavy (non-hydrogen) atoms. The molecule has 2 atom stereocenters. The number of likely N-dealkylation sites (N-methyl/N-ethyl adjacent to an activating group) is 1. The SMILES string of the molecule is CN1CC[C@H]2CC[C@@H](C1)N2C(=O)c1cncn1C. The molecule has 1 aromatic rings. The van der Waals surface area contributed by atoms with Crippen LogP contribution in [0.5, 0.6) is 0 Å². The number of aromatic nitrogens is 2. The second-order valence-electron chi connectivity index (χ2n) is 5.54. The van der Waals surface area contributed by atoms with E-state index in [1.54, 1.807) is 12.5 Å². The number of fused-ring (bicyclic) bond motifs is 2. The first-order chi connectivity index (χ1) is 8.66. The minimum absolute atomic E-state index is 0.151. The summed E-state index contributed by atoms with van der Waals surface area (Å²) in [7, 11) is 4.03. The van der Waals surface area contributed by atoms with Crippen LogP contribution in [0.4, 0.5) is 0 Å². The predicted molar refractivity (Wildman–Crippen MR) is 68.3 cm³/mol. The van der Waals surface area contributed by atoms with Gasteiger partial charge in [-0.3, -0.25) is 4.79 Å². The van der Waals surface area contributed by atoms with E-state index in [4.69, 9.17) is 0 Å². The van der Waals surface area contributed by atoms with Crippen LogP contribution in [0, 0.1) is 0 Å². The van der Waals surface area contributed by atoms with Crippen LogP contribution in [0.2, 0.25) is 0 Å². The molecule has 1 aromatic heterocycles. The first kappa shape index (κ1) is 11.7. The molecule has 2 bridgehead atoms. The van der Waals surface area contributed by atoms with Crippen LogP contribution in [0.3, 0.4) is 0 Å². The van der Waals surface area contributed by atoms with E-state index in [2.05, 4.69) is 21.8 Å². The Morgan fingerprint density at radius 2 is 2.06 bits per heavy atom. The lowest BCUT2D eigenvalue weighted by Crippen LogP contribution is -2.43. The first-order valence-corrected chi connectivity index (χ1v) is 6.64. The second kappa shape index (κ2) is 4.39. The molecular formula is C13H20N4O. The number of carbonyl (C=O) groups excluding carboxylic acids is 1. The summed E-state index contributed by atoms with van der Waals surface area (Å²) in [6, 6.07) is 0.798. The predicted octanol–water partition coefficient (Wildman–Crippen LogP) is 0.729. The van der Waals surface area contributed by atoms with Crippen LogP contribution in [-0.2, 0) is 7.05 Å². The average Bonchev–Trinajstić information content (AvgIpc) is 2.87. The van der Waals surface area contributed by atoms with Gasteiger partial charge in [0.15, 0.2) is 0 Å². The molecule has 5 nitrogen and oxygen atoms in total. The normalized spacial score (nSPS) is 28.4. The van der Waals surface area contributed by atoms with Crippen molar-refractivity contribution in [1.82, 2.24) is 19.4 Å². The summed E-state index contributed by atoms with van der Waals surface area (Å²) in [6.07, 6.45) is 6.76. The van der Waals surface area contributed by atoms with E-state index in [1.165, 1.54) is 0 Å². The Morgan fingerprint density at radius 3 is 2.78 bits per heavy atom. The Labute approximate surface area is 107 Å². The van der Waals surface area contributed by atoms with Crippen LogP contribution in [0.15, 0.2) is 12.5 Å². The van der Waals surface area contributed by atoms with Crippen molar-refractivity contribution in [1.29, 1.82) is 0 Å². The molecule has 98 valence electrons. The number of likely N-dealkylation sites (tertiary alicyclic amines) is 1. The number of nitrogens with zero attached hydrogens (tertiary/aromatic N) is 4. The molecule has 2 aliphatic heterocycles. The Hall–Kier alpha value is -1.36. The summed E-state index contributed by atoms with van der Waals surface area (Å²) in [5.41, 5.74) is 0.705. The van der Waals surface area contributed by atoms with Crippen molar-refractivity contribution in [2.75, 3.05) is 20.1 Å². The fourth-order valence-electron chi connectivity index (χ4n) is 3.27. The van der Waals surface area contributed by atoms with E-state index >= 15 is 0 Å². The molecule has 3 rings (SSSR count). The fraction of sp³-hybridized carbons (Fsp3) is 0.692. The number of aryl methyl sites for hydroxylation is 1. The van der Waals surface area contributed by atoms with Crippen molar-refractivity contribution < 1.29 is 4.79 Å². The average molecular weight is 248 g/mol. The van der Waals surface area contributed by atoms with E-state index in [0.717, 1.165) is 32.4 Å². The zero-order valence-electron chi connectivity index (χ0n) is 11.0. The molecule has 2 fully saturated rings. The number of imidazole rings is 1. The number of hydrogen-bond acceptors (Lipinski definition) is 3. The summed E-state index contributed by atoms with van der Waals surface area (Å²) in [6.45, 7) is 2.09. The monoisotopic (exact) mass is 248 g/mol. The van der Waals surface area contributed by atoms with Crippen molar-refractivity contribution in [2.24, 2.45) is 7.05 Å². The third-order valence-electron chi connectivity index (χ3n) is 4.26. The van der Waals surface area contributed by atoms with Crippen molar-refractivity contribution >= 4 is 5.91 Å². The Kier molecular flexibility index (Phi) is 2.86. The highest BCUT2D eigenvalue weighted by Gasteiger charge is 2.40. The number of rotatable bonds is 1. The minimum atomic E-state index is 0.151. The Morgan fingerprint density at radius 1 is 1.28 bits per heavy atom. The smallest absolute Gasteiger partial charge is 0.272 e. The molecule has 0 unspecified atom stereocenters. The van der Waals surface area contributed by atoms with Gasteiger partial charge >= 0.3 is 0 Å². The van der Waals surface area contributed by atoms with Gasteiger partial charge in [0.05, 0.1) is 12.5 Å². The van der Waals surface area contributed by atoms with Gasteiger partial charge in [0.25, 0.3) is 5.91 Å². The largest absolute Gasteiger partial charge is 0.330 e. The van der Waals surface area contributed by atoms with Gasteiger partial charge in [0.2, 0.25) is 0 Å². The van der Waals surface area contributed by atoms with Crippen molar-refractivity contribution in [2.45, 2.75) is 31.3 Å². The maximum atomic E-state index is 12.6. The maximum Gasteiger partial charge on any atom is 0.272 e. The van der Waals surface area contributed by atoms with E-state index in [-0.39, 0.29) is 5.91 Å². The molecule has 0 N–H and O–H groups in total. The molecule has 3 heterocycles. The number of amides is 1. The first-order valence-electron chi connectivity index (χ1n) is 6.64. The molecule has 0 aromatic carbocycles. The molecule has 0 aliphatic carbocycles. The molecule has 2 saturated heterocycles. The standard InChI is InChI=1S/C13H20N4O/c1-15-6-5-10-3-4-11(8-15)17(10)13(18)12-7-14-9-16(12)2/h7,9-11H,3-6,8H2,1-2H3/t10-,11+/m1/s1. The molecule has 0 saturated carbocycles. The highest BCUT2D eigenvalue weighted by molar-refractivity contribution is 5.93. The van der Waals surface area contributed by atoms with Gasteiger partial charge in [-0.2, -0.15) is 0 Å². The van der Waals surface area contributed by atoms with Crippen molar-refractivity contribution in [3.8, 4) is 0 Å². The van der Waals surface area contributed by atoms with Crippen LogP contribution < -0.4 is 0 Å². The van der Waals surface area contributed by atoms with Crippen LogP contribution in [-0.4, -0.2) is 57.5 Å². The number of hydrogen-bond donors (Lipinski definition) is 0. The van der Waals surface area contributed by atoms with Gasteiger partial charge in [-0.25, -0.2) is 4.98 Å². The van der Waals surface area contributed by atoms with E-state index in [1.807, 2.05) is 11.6 Å². The summed E-state index contributed by atoms with van der Waals surface area (Å²) in [5.74, 6) is 0.151. The van der Waals surface area contributed by atoms with E-state index in [9.17, 15) is 4.79 Å². The van der Waals surface area contributed by atoms with Gasteiger partial charge in [0.1, 0.15) is 5.69 Å². The van der Waals surface area contributed by atoms with Crippen LogP contribution in [0.1, 0.15) is 29.8 Å². The topological polar surface area (TPSA) is 41.4 Å². The fourth-order valence-corrected chi connectivity index (χ4v) is 3.27. The molecule has 1 amide bonds. The van der Waals surface area contributed by atoms with Crippen molar-refractivity contribution in [3.63, 3.8) is 0 Å². The van der Waals surface area contributed by atoms with Gasteiger partial charge in [-0.15, -0.1) is 0 Å². The molecule has 0 radical (unpaired) electrons. The van der Waals surface area contributed by atoms with Crippen LogP contribution >= 0.6 is 0 Å². The highest BCUT2D eigenvalue weighted by atomic mass is 16.2. The summed E-state index contributed by atoms with van der Waals surface area (Å²) in [4.78, 5) is 21.2. The lowest BCUT2D eigenvalue weighted by atomic mass is 10.1. The molecule has 2 aliphatic rings. The van der Waals surface area contributed by atoms with Gasteiger partial charge in [0, 0.05) is 25.7 Å². The summed E-state index contributed by atoms with van der Waals surface area (Å²) < 4.78 is 1.82. The van der Waals surface area contributed by atoms with Crippen LogP contribution in [0.25, 0.3) is 0 Å². The molecule has 5 heteroatoms. The third kappa shape index (κ3) is 1.82. The van der Waals surface area contributed by atoms with Gasteiger partial charge in [-0.1, -0.05) is 0 Å². The quantitative estimate of drug-likeness (QED) is 0.735. The second-order valence-corrected chi connectivity index (χ2v) is 5.54. The molecular weight excluding hydrogens is 228 g/mol. The Balaban J connectivity index is 1.87. The minimum Gasteiger partial charge on any atom is -0.330 e.